The van der Waals surface area contributed by atoms with Crippen LogP contribution in [-0.4, -0.2) is 31.6 Å². The molecule has 0 unspecified atom stereocenters. The van der Waals surface area contributed by atoms with E-state index in [2.05, 4.69) is 9.47 Å². The lowest BCUT2D eigenvalue weighted by molar-refractivity contribution is -0.274. The van der Waals surface area contributed by atoms with Crippen LogP contribution in [-0.2, 0) is 6.54 Å². The van der Waals surface area contributed by atoms with Crippen molar-refractivity contribution in [1.82, 2.24) is 0 Å². The Morgan fingerprint density at radius 2 is 1.23 bits per heavy atom. The van der Waals surface area contributed by atoms with Crippen LogP contribution in [0.1, 0.15) is 12.0 Å². The standard InChI is InChI=1S/C25H19F10NO3/c26-22(27)24(31,32)38-20-8-1-4-16(12-20)15-36(11-10-23(28,29)30)17-5-2-6-18(13-17)37-19-7-3-9-21(14-19)39-25(33,34)35/h1-9,12-14,22H,10-11,15H2. The number of anilines is 1. The van der Waals surface area contributed by atoms with Crippen LogP contribution < -0.4 is 19.1 Å². The maximum atomic E-state index is 13.3. The summed E-state index contributed by atoms with van der Waals surface area (Å²) < 4.78 is 141. The summed E-state index contributed by atoms with van der Waals surface area (Å²) in [7, 11) is 0. The molecule has 0 spiro atoms. The van der Waals surface area contributed by atoms with Crippen molar-refractivity contribution in [3.05, 3.63) is 78.4 Å². The highest BCUT2D eigenvalue weighted by atomic mass is 19.4. The van der Waals surface area contributed by atoms with Gasteiger partial charge in [0, 0.05) is 30.9 Å². The maximum absolute atomic E-state index is 13.3. The molecule has 212 valence electrons. The minimum atomic E-state index is -4.94. The van der Waals surface area contributed by atoms with Gasteiger partial charge in [0.2, 0.25) is 0 Å². The molecule has 0 aliphatic rings. The molecule has 3 rings (SSSR count). The second-order valence-electron chi connectivity index (χ2n) is 8.02. The molecule has 0 aliphatic carbocycles. The Morgan fingerprint density at radius 3 is 1.85 bits per heavy atom. The molecule has 0 heterocycles. The summed E-state index contributed by atoms with van der Waals surface area (Å²) in [5.74, 6) is -1.17. The lowest BCUT2D eigenvalue weighted by Gasteiger charge is -2.26. The average Bonchev–Trinajstić information content (AvgIpc) is 2.80. The molecule has 0 atom stereocenters. The number of rotatable bonds is 11. The molecule has 0 aliphatic heterocycles. The normalized spacial score (nSPS) is 12.4. The second kappa shape index (κ2) is 11.9. The SMILES string of the molecule is FC(F)C(F)(F)Oc1cccc(CN(CCC(F)(F)F)c2cccc(Oc3cccc(OC(F)(F)F)c3)c2)c1. The molecule has 0 amide bonds. The summed E-state index contributed by atoms with van der Waals surface area (Å²) in [5.41, 5.74) is 0.353. The van der Waals surface area contributed by atoms with Gasteiger partial charge in [-0.15, -0.1) is 13.2 Å². The van der Waals surface area contributed by atoms with E-state index in [9.17, 15) is 43.9 Å². The van der Waals surface area contributed by atoms with E-state index in [0.717, 1.165) is 24.3 Å². The van der Waals surface area contributed by atoms with Crippen molar-refractivity contribution >= 4 is 5.69 Å². The second-order valence-corrected chi connectivity index (χ2v) is 8.02. The number of halogens is 10. The number of nitrogens with zero attached hydrogens (tertiary/aromatic N) is 1. The van der Waals surface area contributed by atoms with E-state index in [1.807, 2.05) is 0 Å². The van der Waals surface area contributed by atoms with Crippen molar-refractivity contribution < 1.29 is 58.1 Å². The lowest BCUT2D eigenvalue weighted by Crippen LogP contribution is -2.33. The van der Waals surface area contributed by atoms with Crippen molar-refractivity contribution in [2.24, 2.45) is 0 Å². The summed E-state index contributed by atoms with van der Waals surface area (Å²) >= 11 is 0. The van der Waals surface area contributed by atoms with Crippen LogP contribution in [0.3, 0.4) is 0 Å². The van der Waals surface area contributed by atoms with Crippen molar-refractivity contribution in [2.75, 3.05) is 11.4 Å². The smallest absolute Gasteiger partial charge is 0.457 e. The van der Waals surface area contributed by atoms with Crippen molar-refractivity contribution in [3.63, 3.8) is 0 Å². The molecule has 3 aromatic rings. The van der Waals surface area contributed by atoms with Crippen LogP contribution in [0.4, 0.5) is 49.6 Å². The summed E-state index contributed by atoms with van der Waals surface area (Å²) in [6.45, 7) is -0.855. The van der Waals surface area contributed by atoms with Crippen LogP contribution >= 0.6 is 0 Å². The highest BCUT2D eigenvalue weighted by Crippen LogP contribution is 2.33. The summed E-state index contributed by atoms with van der Waals surface area (Å²) in [6.07, 6.45) is -19.6. The van der Waals surface area contributed by atoms with E-state index in [1.54, 1.807) is 0 Å². The quantitative estimate of drug-likeness (QED) is 0.216. The largest absolute Gasteiger partial charge is 0.573 e. The predicted molar refractivity (Wildman–Crippen MR) is 119 cm³/mol. The molecular formula is C25H19F10NO3. The Labute approximate surface area is 215 Å². The van der Waals surface area contributed by atoms with Gasteiger partial charge in [-0.3, -0.25) is 0 Å². The minimum Gasteiger partial charge on any atom is -0.457 e. The van der Waals surface area contributed by atoms with Gasteiger partial charge < -0.3 is 19.1 Å². The average molecular weight is 571 g/mol. The molecule has 0 fully saturated rings. The molecule has 0 saturated carbocycles. The Kier molecular flexibility index (Phi) is 9.07. The summed E-state index contributed by atoms with van der Waals surface area (Å²) in [4.78, 5) is 1.23. The molecule has 0 saturated heterocycles. The fourth-order valence-corrected chi connectivity index (χ4v) is 3.31. The van der Waals surface area contributed by atoms with E-state index in [1.165, 1.54) is 53.4 Å². The van der Waals surface area contributed by atoms with Gasteiger partial charge in [0.15, 0.2) is 0 Å². The molecule has 4 nitrogen and oxygen atoms in total. The zero-order valence-corrected chi connectivity index (χ0v) is 19.6. The first-order chi connectivity index (χ1) is 18.1. The predicted octanol–water partition coefficient (Wildman–Crippen LogP) is 8.57. The zero-order valence-electron chi connectivity index (χ0n) is 19.6. The van der Waals surface area contributed by atoms with Crippen LogP contribution in [0.2, 0.25) is 0 Å². The van der Waals surface area contributed by atoms with Crippen LogP contribution in [0, 0.1) is 0 Å². The molecule has 39 heavy (non-hydrogen) atoms. The first-order valence-corrected chi connectivity index (χ1v) is 11.0. The number of hydrogen-bond donors (Lipinski definition) is 0. The molecule has 0 aromatic heterocycles. The number of ether oxygens (including phenoxy) is 3. The van der Waals surface area contributed by atoms with Crippen LogP contribution in [0.25, 0.3) is 0 Å². The van der Waals surface area contributed by atoms with Gasteiger partial charge in [0.1, 0.15) is 23.0 Å². The number of alkyl halides is 10. The number of hydrogen-bond acceptors (Lipinski definition) is 4. The van der Waals surface area contributed by atoms with Gasteiger partial charge in [-0.2, -0.15) is 30.7 Å². The van der Waals surface area contributed by atoms with E-state index in [4.69, 9.17) is 4.74 Å². The van der Waals surface area contributed by atoms with E-state index < -0.39 is 49.5 Å². The van der Waals surface area contributed by atoms with Crippen LogP contribution in [0.5, 0.6) is 23.0 Å². The topological polar surface area (TPSA) is 30.9 Å². The van der Waals surface area contributed by atoms with Gasteiger partial charge in [0.05, 0.1) is 6.42 Å². The zero-order chi connectivity index (χ0) is 28.8. The fourth-order valence-electron chi connectivity index (χ4n) is 3.31. The molecule has 0 radical (unpaired) electrons. The Morgan fingerprint density at radius 1 is 0.667 bits per heavy atom. The van der Waals surface area contributed by atoms with Gasteiger partial charge >= 0.3 is 25.1 Å². The summed E-state index contributed by atoms with van der Waals surface area (Å²) in [5, 5.41) is 0. The Hall–Kier alpha value is -3.84. The Balaban J connectivity index is 1.84. The molecule has 14 heteroatoms. The third-order valence-electron chi connectivity index (χ3n) is 4.90. The summed E-state index contributed by atoms with van der Waals surface area (Å²) in [6, 6.07) is 14.7. The van der Waals surface area contributed by atoms with Crippen molar-refractivity contribution in [3.8, 4) is 23.0 Å². The monoisotopic (exact) mass is 571 g/mol. The van der Waals surface area contributed by atoms with Gasteiger partial charge in [-0.1, -0.05) is 24.3 Å². The maximum Gasteiger partial charge on any atom is 0.573 e. The third kappa shape index (κ3) is 9.76. The van der Waals surface area contributed by atoms with E-state index >= 15 is 0 Å². The van der Waals surface area contributed by atoms with Crippen molar-refractivity contribution in [1.29, 1.82) is 0 Å². The Bertz CT molecular complexity index is 1230. The van der Waals surface area contributed by atoms with Crippen molar-refractivity contribution in [2.45, 2.75) is 38.0 Å². The van der Waals surface area contributed by atoms with Crippen LogP contribution in [0.15, 0.2) is 72.8 Å². The highest BCUT2D eigenvalue weighted by Gasteiger charge is 2.44. The first-order valence-electron chi connectivity index (χ1n) is 11.0. The van der Waals surface area contributed by atoms with E-state index in [-0.39, 0.29) is 29.3 Å². The van der Waals surface area contributed by atoms with Gasteiger partial charge in [-0.05, 0) is 42.0 Å². The molecule has 0 N–H and O–H groups in total. The third-order valence-corrected chi connectivity index (χ3v) is 4.90. The fraction of sp³-hybridized carbons (Fsp3) is 0.280. The highest BCUT2D eigenvalue weighted by molar-refractivity contribution is 5.52. The van der Waals surface area contributed by atoms with Gasteiger partial charge in [0.25, 0.3) is 0 Å². The first kappa shape index (κ1) is 29.7. The minimum absolute atomic E-state index is 0.0550. The molecular weight excluding hydrogens is 552 g/mol. The molecule has 0 bridgehead atoms. The lowest BCUT2D eigenvalue weighted by atomic mass is 10.1. The van der Waals surface area contributed by atoms with Gasteiger partial charge in [-0.25, -0.2) is 0 Å². The molecule has 3 aromatic carbocycles. The van der Waals surface area contributed by atoms with E-state index in [0.29, 0.717) is 0 Å². The number of benzene rings is 3.